The molecule has 6 heteroatoms. The normalized spacial score (nSPS) is 32.6. The third kappa shape index (κ3) is 2.12. The van der Waals surface area contributed by atoms with Crippen molar-refractivity contribution in [3.8, 4) is 11.5 Å². The lowest BCUT2D eigenvalue weighted by Crippen LogP contribution is -2.67. The van der Waals surface area contributed by atoms with E-state index in [9.17, 15) is 0 Å². The molecular formula is C17H24N4O2. The number of hydrogen-bond donors (Lipinski definition) is 2. The summed E-state index contributed by atoms with van der Waals surface area (Å²) in [5.74, 6) is 2.75. The van der Waals surface area contributed by atoms with Crippen molar-refractivity contribution in [1.82, 2.24) is 10.2 Å². The minimum Gasteiger partial charge on any atom is -0.497 e. The molecule has 2 N–H and O–H groups in total. The first-order chi connectivity index (χ1) is 11.2. The van der Waals surface area contributed by atoms with Crippen LogP contribution >= 0.6 is 0 Å². The molecule has 4 fully saturated rings. The molecule has 5 rings (SSSR count). The Labute approximate surface area is 136 Å². The average Bonchev–Trinajstić information content (AvgIpc) is 2.92. The van der Waals surface area contributed by atoms with Crippen molar-refractivity contribution < 1.29 is 9.47 Å². The quantitative estimate of drug-likeness (QED) is 0.885. The number of methoxy groups -OCH3 is 2. The summed E-state index contributed by atoms with van der Waals surface area (Å²) in [4.78, 5) is 4.52. The molecule has 1 atom stereocenters. The Balaban J connectivity index is 1.66. The first-order valence-electron chi connectivity index (χ1n) is 8.24. The van der Waals surface area contributed by atoms with Crippen LogP contribution in [0.15, 0.2) is 18.2 Å². The highest BCUT2D eigenvalue weighted by Gasteiger charge is 2.54. The minimum atomic E-state index is -0.193. The number of amidine groups is 1. The molecule has 0 saturated carbocycles. The second-order valence-electron chi connectivity index (χ2n) is 6.67. The molecular weight excluding hydrogens is 292 g/mol. The number of ether oxygens (including phenoxy) is 2. The van der Waals surface area contributed by atoms with Gasteiger partial charge in [-0.1, -0.05) is 0 Å². The number of benzene rings is 1. The van der Waals surface area contributed by atoms with Gasteiger partial charge in [-0.3, -0.25) is 10.7 Å². The topological polar surface area (TPSA) is 60.8 Å². The summed E-state index contributed by atoms with van der Waals surface area (Å²) in [7, 11) is 3.31. The van der Waals surface area contributed by atoms with Crippen LogP contribution in [0.25, 0.3) is 0 Å². The van der Waals surface area contributed by atoms with Gasteiger partial charge in [0, 0.05) is 12.6 Å². The smallest absolute Gasteiger partial charge is 0.146 e. The van der Waals surface area contributed by atoms with Crippen LogP contribution < -0.4 is 19.7 Å². The van der Waals surface area contributed by atoms with Crippen LogP contribution in [-0.2, 0) is 0 Å². The van der Waals surface area contributed by atoms with E-state index in [0.717, 1.165) is 23.7 Å². The Morgan fingerprint density at radius 3 is 2.61 bits per heavy atom. The maximum atomic E-state index is 8.86. The van der Waals surface area contributed by atoms with Gasteiger partial charge in [-0.25, -0.2) is 0 Å². The molecule has 4 aliphatic rings. The zero-order valence-corrected chi connectivity index (χ0v) is 13.8. The summed E-state index contributed by atoms with van der Waals surface area (Å²) >= 11 is 0. The van der Waals surface area contributed by atoms with Crippen molar-refractivity contribution >= 4 is 11.5 Å². The molecule has 4 heterocycles. The van der Waals surface area contributed by atoms with Crippen molar-refractivity contribution in [3.05, 3.63) is 18.2 Å². The van der Waals surface area contributed by atoms with Crippen LogP contribution in [0, 0.1) is 11.3 Å². The average molecular weight is 316 g/mol. The number of piperidine rings is 3. The van der Waals surface area contributed by atoms with E-state index < -0.39 is 0 Å². The molecule has 0 amide bonds. The Morgan fingerprint density at radius 2 is 2.00 bits per heavy atom. The summed E-state index contributed by atoms with van der Waals surface area (Å²) in [6, 6.07) is 5.78. The van der Waals surface area contributed by atoms with E-state index in [2.05, 4.69) is 10.2 Å². The molecule has 0 aliphatic carbocycles. The van der Waals surface area contributed by atoms with Gasteiger partial charge in [-0.05, 0) is 44.0 Å². The fourth-order valence-electron chi connectivity index (χ4n) is 4.37. The van der Waals surface area contributed by atoms with Gasteiger partial charge in [-0.15, -0.1) is 0 Å². The number of hydrogen-bond acceptors (Lipinski definition) is 5. The summed E-state index contributed by atoms with van der Waals surface area (Å²) in [6.45, 7) is 3.96. The minimum absolute atomic E-state index is 0.193. The number of rotatable bonds is 3. The van der Waals surface area contributed by atoms with Gasteiger partial charge in [0.25, 0.3) is 0 Å². The van der Waals surface area contributed by atoms with Gasteiger partial charge >= 0.3 is 0 Å². The molecule has 23 heavy (non-hydrogen) atoms. The number of fused-ring (bicyclic) bond motifs is 2. The van der Waals surface area contributed by atoms with Gasteiger partial charge in [0.05, 0.1) is 32.1 Å². The van der Waals surface area contributed by atoms with Gasteiger partial charge in [0.15, 0.2) is 0 Å². The third-order valence-corrected chi connectivity index (χ3v) is 5.68. The van der Waals surface area contributed by atoms with Crippen molar-refractivity contribution in [2.24, 2.45) is 5.92 Å². The number of nitrogens with zero attached hydrogens (tertiary/aromatic N) is 2. The highest BCUT2D eigenvalue weighted by Crippen LogP contribution is 2.42. The van der Waals surface area contributed by atoms with Gasteiger partial charge in [0.1, 0.15) is 17.3 Å². The second-order valence-corrected chi connectivity index (χ2v) is 6.67. The van der Waals surface area contributed by atoms with Gasteiger partial charge in [-0.2, -0.15) is 0 Å². The van der Waals surface area contributed by atoms with Crippen molar-refractivity contribution in [2.45, 2.75) is 18.4 Å². The van der Waals surface area contributed by atoms with Crippen LogP contribution in [0.3, 0.4) is 0 Å². The molecule has 4 saturated heterocycles. The molecule has 0 radical (unpaired) electrons. The van der Waals surface area contributed by atoms with Crippen molar-refractivity contribution in [3.63, 3.8) is 0 Å². The molecule has 0 aromatic heterocycles. The fraction of sp³-hybridized carbons (Fsp3) is 0.588. The molecule has 1 aromatic rings. The molecule has 1 unspecified atom stereocenters. The summed E-state index contributed by atoms with van der Waals surface area (Å²) in [5.41, 5.74) is 0.737. The predicted molar refractivity (Wildman–Crippen MR) is 89.6 cm³/mol. The Hall–Kier alpha value is -1.79. The zero-order chi connectivity index (χ0) is 16.0. The first-order valence-corrected chi connectivity index (χ1v) is 8.24. The maximum Gasteiger partial charge on any atom is 0.146 e. The second kappa shape index (κ2) is 5.39. The third-order valence-electron chi connectivity index (χ3n) is 5.68. The predicted octanol–water partition coefficient (Wildman–Crippen LogP) is 1.51. The van der Waals surface area contributed by atoms with E-state index in [1.165, 1.54) is 25.9 Å². The van der Waals surface area contributed by atoms with Crippen LogP contribution in [0.2, 0.25) is 0 Å². The molecule has 124 valence electrons. The zero-order valence-electron chi connectivity index (χ0n) is 13.8. The summed E-state index contributed by atoms with van der Waals surface area (Å²) in [5, 5.41) is 12.5. The first kappa shape index (κ1) is 14.8. The van der Waals surface area contributed by atoms with Crippen LogP contribution in [0.5, 0.6) is 11.5 Å². The van der Waals surface area contributed by atoms with E-state index in [1.54, 1.807) is 14.2 Å². The fourth-order valence-corrected chi connectivity index (χ4v) is 4.37. The Kier molecular flexibility index (Phi) is 3.46. The number of nitrogens with one attached hydrogen (secondary N) is 2. The van der Waals surface area contributed by atoms with Crippen LogP contribution in [-0.4, -0.2) is 56.8 Å². The summed E-state index contributed by atoms with van der Waals surface area (Å²) < 4.78 is 10.8. The Morgan fingerprint density at radius 1 is 1.22 bits per heavy atom. The monoisotopic (exact) mass is 316 g/mol. The van der Waals surface area contributed by atoms with Crippen LogP contribution in [0.1, 0.15) is 12.8 Å². The van der Waals surface area contributed by atoms with Crippen LogP contribution in [0.4, 0.5) is 5.69 Å². The standard InChI is InChI=1S/C17H24N4O2/c1-22-13-3-4-14(15(9-13)23-2)21-11-19-17(16(21)18)10-20-7-5-12(17)6-8-20/h3-4,9,12,18-19H,5-8,10-11H2,1-2H3. The Bertz CT molecular complexity index is 627. The molecule has 2 bridgehead atoms. The lowest BCUT2D eigenvalue weighted by Gasteiger charge is -2.51. The lowest BCUT2D eigenvalue weighted by atomic mass is 9.72. The van der Waals surface area contributed by atoms with E-state index in [1.807, 2.05) is 23.1 Å². The number of anilines is 1. The molecule has 1 spiro atoms. The molecule has 6 nitrogen and oxygen atoms in total. The lowest BCUT2D eigenvalue weighted by molar-refractivity contribution is 0.0496. The van der Waals surface area contributed by atoms with E-state index >= 15 is 0 Å². The SMILES string of the molecule is COc1ccc(N2CNC3(CN4CCC3CC4)C2=N)c(OC)c1. The van der Waals surface area contributed by atoms with Crippen molar-refractivity contribution in [1.29, 1.82) is 5.41 Å². The van der Waals surface area contributed by atoms with Gasteiger partial charge < -0.3 is 19.3 Å². The van der Waals surface area contributed by atoms with E-state index in [-0.39, 0.29) is 5.54 Å². The van der Waals surface area contributed by atoms with Gasteiger partial charge in [0.2, 0.25) is 0 Å². The largest absolute Gasteiger partial charge is 0.497 e. The molecule has 4 aliphatic heterocycles. The van der Waals surface area contributed by atoms with E-state index in [0.29, 0.717) is 18.4 Å². The summed E-state index contributed by atoms with van der Waals surface area (Å²) in [6.07, 6.45) is 2.37. The highest BCUT2D eigenvalue weighted by molar-refractivity contribution is 6.06. The molecule has 1 aromatic carbocycles. The maximum absolute atomic E-state index is 8.86. The highest BCUT2D eigenvalue weighted by atomic mass is 16.5. The van der Waals surface area contributed by atoms with E-state index in [4.69, 9.17) is 14.9 Å². The van der Waals surface area contributed by atoms with Crippen molar-refractivity contribution in [2.75, 3.05) is 45.4 Å².